The van der Waals surface area contributed by atoms with Crippen molar-refractivity contribution in [3.8, 4) is 0 Å². The van der Waals surface area contributed by atoms with E-state index in [0.717, 1.165) is 9.88 Å². The first-order valence-electron chi connectivity index (χ1n) is 5.96. The zero-order chi connectivity index (χ0) is 14.0. The van der Waals surface area contributed by atoms with E-state index in [-0.39, 0.29) is 11.7 Å². The molecule has 0 aromatic carbocycles. The average molecular weight is 280 g/mol. The molecule has 2 aromatic heterocycles. The molecule has 0 saturated carbocycles. The van der Waals surface area contributed by atoms with E-state index >= 15 is 0 Å². The summed E-state index contributed by atoms with van der Waals surface area (Å²) in [5.74, 6) is -0.194. The molecule has 0 aliphatic carbocycles. The number of aryl methyl sites for hydroxylation is 1. The van der Waals surface area contributed by atoms with Gasteiger partial charge >= 0.3 is 5.97 Å². The lowest BCUT2D eigenvalue weighted by atomic mass is 10.3. The lowest BCUT2D eigenvalue weighted by molar-refractivity contribution is 0.0521. The molecule has 0 aliphatic heterocycles. The second kappa shape index (κ2) is 5.40. The summed E-state index contributed by atoms with van der Waals surface area (Å²) < 4.78 is 6.63. The standard InChI is InChI=1S/C12H16N4O2S/c1-4-18-12(17)9-10(13)16(6-15-9)8(3)11-14-5-7(2)19-11/h5-6,8H,4,13H2,1-3H3. The SMILES string of the molecule is CCOC(=O)c1ncn(C(C)c2ncc(C)s2)c1N. The van der Waals surface area contributed by atoms with Crippen LogP contribution in [0.2, 0.25) is 0 Å². The Balaban J connectivity index is 2.29. The summed E-state index contributed by atoms with van der Waals surface area (Å²) in [6, 6.07) is -0.0608. The van der Waals surface area contributed by atoms with Crippen molar-refractivity contribution in [3.63, 3.8) is 0 Å². The van der Waals surface area contributed by atoms with Gasteiger partial charge in [0.25, 0.3) is 0 Å². The van der Waals surface area contributed by atoms with Crippen molar-refractivity contribution < 1.29 is 9.53 Å². The Morgan fingerprint density at radius 1 is 1.58 bits per heavy atom. The molecular weight excluding hydrogens is 264 g/mol. The summed E-state index contributed by atoms with van der Waals surface area (Å²) in [7, 11) is 0. The van der Waals surface area contributed by atoms with Crippen molar-refractivity contribution >= 4 is 23.1 Å². The zero-order valence-corrected chi connectivity index (χ0v) is 11.9. The largest absolute Gasteiger partial charge is 0.461 e. The normalized spacial score (nSPS) is 12.4. The molecule has 6 nitrogen and oxygen atoms in total. The number of hydrogen-bond donors (Lipinski definition) is 1. The molecule has 0 bridgehead atoms. The van der Waals surface area contributed by atoms with Gasteiger partial charge in [-0.25, -0.2) is 14.8 Å². The summed E-state index contributed by atoms with van der Waals surface area (Å²) in [6.07, 6.45) is 3.36. The number of imidazole rings is 1. The van der Waals surface area contributed by atoms with E-state index in [1.807, 2.05) is 20.0 Å². The molecule has 2 rings (SSSR count). The fraction of sp³-hybridized carbons (Fsp3) is 0.417. The quantitative estimate of drug-likeness (QED) is 0.866. The second-order valence-corrected chi connectivity index (χ2v) is 5.36. The van der Waals surface area contributed by atoms with Gasteiger partial charge in [0.15, 0.2) is 5.69 Å². The molecule has 0 amide bonds. The van der Waals surface area contributed by atoms with Crippen LogP contribution >= 0.6 is 11.3 Å². The van der Waals surface area contributed by atoms with E-state index in [2.05, 4.69) is 9.97 Å². The Kier molecular flexibility index (Phi) is 3.84. The Bertz CT molecular complexity index is 590. The molecule has 0 radical (unpaired) electrons. The van der Waals surface area contributed by atoms with Gasteiger partial charge in [0.2, 0.25) is 0 Å². The fourth-order valence-corrected chi connectivity index (χ4v) is 2.55. The molecule has 7 heteroatoms. The number of thiazole rings is 1. The maximum atomic E-state index is 11.7. The molecule has 2 heterocycles. The molecule has 1 unspecified atom stereocenters. The molecular formula is C12H16N4O2S. The Hall–Kier alpha value is -1.89. The Morgan fingerprint density at radius 2 is 2.32 bits per heavy atom. The van der Waals surface area contributed by atoms with Crippen LogP contribution in [-0.4, -0.2) is 27.1 Å². The number of carbonyl (C=O) groups excluding carboxylic acids is 1. The Morgan fingerprint density at radius 3 is 2.89 bits per heavy atom. The highest BCUT2D eigenvalue weighted by Crippen LogP contribution is 2.26. The molecule has 19 heavy (non-hydrogen) atoms. The third-order valence-corrected chi connectivity index (χ3v) is 3.80. The summed E-state index contributed by atoms with van der Waals surface area (Å²) in [6.45, 7) is 6.00. The van der Waals surface area contributed by atoms with Crippen molar-refractivity contribution in [2.75, 3.05) is 12.3 Å². The van der Waals surface area contributed by atoms with E-state index in [1.54, 1.807) is 29.2 Å². The minimum Gasteiger partial charge on any atom is -0.461 e. The number of nitrogen functional groups attached to an aromatic ring is 1. The van der Waals surface area contributed by atoms with Crippen LogP contribution in [0.15, 0.2) is 12.5 Å². The van der Waals surface area contributed by atoms with Crippen LogP contribution in [0.1, 0.15) is 40.3 Å². The van der Waals surface area contributed by atoms with Crippen LogP contribution in [0.3, 0.4) is 0 Å². The molecule has 1 atom stereocenters. The lowest BCUT2D eigenvalue weighted by Crippen LogP contribution is -2.12. The van der Waals surface area contributed by atoms with Crippen LogP contribution in [0.25, 0.3) is 0 Å². The van der Waals surface area contributed by atoms with Crippen molar-refractivity contribution in [1.82, 2.24) is 14.5 Å². The predicted molar refractivity (Wildman–Crippen MR) is 73.3 cm³/mol. The zero-order valence-electron chi connectivity index (χ0n) is 11.1. The first-order chi connectivity index (χ1) is 9.04. The van der Waals surface area contributed by atoms with Gasteiger partial charge < -0.3 is 15.0 Å². The monoisotopic (exact) mass is 280 g/mol. The molecule has 0 spiro atoms. The van der Waals surface area contributed by atoms with Crippen molar-refractivity contribution in [2.24, 2.45) is 0 Å². The van der Waals surface area contributed by atoms with Gasteiger partial charge in [-0.1, -0.05) is 0 Å². The number of rotatable bonds is 4. The highest BCUT2D eigenvalue weighted by atomic mass is 32.1. The molecule has 102 valence electrons. The number of nitrogens with zero attached hydrogens (tertiary/aromatic N) is 3. The molecule has 2 N–H and O–H groups in total. The van der Waals surface area contributed by atoms with Gasteiger partial charge in [-0.2, -0.15) is 0 Å². The third kappa shape index (κ3) is 2.60. The van der Waals surface area contributed by atoms with Crippen molar-refractivity contribution in [2.45, 2.75) is 26.8 Å². The van der Waals surface area contributed by atoms with E-state index in [4.69, 9.17) is 10.5 Å². The van der Waals surface area contributed by atoms with Gasteiger partial charge in [-0.3, -0.25) is 0 Å². The summed E-state index contributed by atoms with van der Waals surface area (Å²) in [4.78, 5) is 21.1. The molecule has 0 fully saturated rings. The van der Waals surface area contributed by atoms with Crippen LogP contribution in [0.4, 0.5) is 5.82 Å². The second-order valence-electron chi connectivity index (χ2n) is 4.09. The first-order valence-corrected chi connectivity index (χ1v) is 6.78. The average Bonchev–Trinajstić information content (AvgIpc) is 2.95. The molecule has 0 aliphatic rings. The van der Waals surface area contributed by atoms with E-state index in [0.29, 0.717) is 12.4 Å². The number of nitrogens with two attached hydrogens (primary N) is 1. The number of anilines is 1. The van der Waals surface area contributed by atoms with E-state index in [9.17, 15) is 4.79 Å². The van der Waals surface area contributed by atoms with Crippen LogP contribution < -0.4 is 5.73 Å². The number of carbonyl (C=O) groups is 1. The topological polar surface area (TPSA) is 83.0 Å². The summed E-state index contributed by atoms with van der Waals surface area (Å²) in [5, 5.41) is 0.928. The van der Waals surface area contributed by atoms with Gasteiger partial charge in [0.1, 0.15) is 10.8 Å². The third-order valence-electron chi connectivity index (χ3n) is 2.71. The predicted octanol–water partition coefficient (Wildman–Crippen LogP) is 2.02. The fourth-order valence-electron chi connectivity index (χ4n) is 1.72. The number of esters is 1. The van der Waals surface area contributed by atoms with Crippen LogP contribution in [0, 0.1) is 6.92 Å². The smallest absolute Gasteiger partial charge is 0.360 e. The Labute approximate surface area is 115 Å². The van der Waals surface area contributed by atoms with Gasteiger partial charge in [0.05, 0.1) is 19.0 Å². The van der Waals surface area contributed by atoms with Crippen LogP contribution in [-0.2, 0) is 4.74 Å². The number of aromatic nitrogens is 3. The van der Waals surface area contributed by atoms with Crippen LogP contribution in [0.5, 0.6) is 0 Å². The highest BCUT2D eigenvalue weighted by molar-refractivity contribution is 7.11. The summed E-state index contributed by atoms with van der Waals surface area (Å²) >= 11 is 1.60. The van der Waals surface area contributed by atoms with E-state index < -0.39 is 5.97 Å². The highest BCUT2D eigenvalue weighted by Gasteiger charge is 2.21. The maximum absolute atomic E-state index is 11.7. The first kappa shape index (κ1) is 13.5. The van der Waals surface area contributed by atoms with Crippen molar-refractivity contribution in [3.05, 3.63) is 28.1 Å². The molecule has 0 saturated heterocycles. The lowest BCUT2D eigenvalue weighted by Gasteiger charge is -2.12. The van der Waals surface area contributed by atoms with Crippen molar-refractivity contribution in [1.29, 1.82) is 0 Å². The number of ether oxygens (including phenoxy) is 1. The maximum Gasteiger partial charge on any atom is 0.360 e. The summed E-state index contributed by atoms with van der Waals surface area (Å²) in [5.41, 5.74) is 6.11. The van der Waals surface area contributed by atoms with Gasteiger partial charge in [0, 0.05) is 11.1 Å². The van der Waals surface area contributed by atoms with E-state index in [1.165, 1.54) is 0 Å². The molecule has 2 aromatic rings. The minimum atomic E-state index is -0.499. The number of hydrogen-bond acceptors (Lipinski definition) is 6. The van der Waals surface area contributed by atoms with Gasteiger partial charge in [-0.05, 0) is 20.8 Å². The van der Waals surface area contributed by atoms with Gasteiger partial charge in [-0.15, -0.1) is 11.3 Å². The minimum absolute atomic E-state index is 0.0608.